The van der Waals surface area contributed by atoms with E-state index in [4.69, 9.17) is 5.26 Å². The maximum atomic E-state index is 12.4. The Morgan fingerprint density at radius 3 is 2.68 bits per heavy atom. The molecule has 1 aromatic heterocycles. The summed E-state index contributed by atoms with van der Waals surface area (Å²) in [5.41, 5.74) is 1.18. The van der Waals surface area contributed by atoms with Crippen molar-refractivity contribution in [3.05, 3.63) is 48.3 Å². The summed E-state index contributed by atoms with van der Waals surface area (Å²) in [4.78, 5) is 28.6. The van der Waals surface area contributed by atoms with Crippen LogP contribution in [-0.4, -0.2) is 84.2 Å². The molecule has 2 N–H and O–H groups in total. The maximum Gasteiger partial charge on any atom is 0.319 e. The van der Waals surface area contributed by atoms with Crippen molar-refractivity contribution in [2.45, 2.75) is 18.9 Å². The van der Waals surface area contributed by atoms with Gasteiger partial charge in [0.05, 0.1) is 11.6 Å². The Hall–Kier alpha value is -3.22. The van der Waals surface area contributed by atoms with E-state index in [9.17, 15) is 4.79 Å². The van der Waals surface area contributed by atoms with Gasteiger partial charge in [-0.15, -0.1) is 0 Å². The number of aromatic nitrogens is 2. The molecule has 34 heavy (non-hydrogen) atoms. The number of fused-ring (bicyclic) bond motifs is 3. The smallest absolute Gasteiger partial charge is 0.319 e. The van der Waals surface area contributed by atoms with Crippen molar-refractivity contribution >= 4 is 17.7 Å². The highest BCUT2D eigenvalue weighted by atomic mass is 16.2. The van der Waals surface area contributed by atoms with Crippen LogP contribution in [0.1, 0.15) is 18.4 Å². The second-order valence-electron chi connectivity index (χ2n) is 9.56. The zero-order valence-corrected chi connectivity index (χ0v) is 19.4. The third-order valence-electron chi connectivity index (χ3n) is 7.46. The molecule has 4 fully saturated rings. The van der Waals surface area contributed by atoms with E-state index in [0.717, 1.165) is 64.1 Å². The van der Waals surface area contributed by atoms with Gasteiger partial charge in [-0.1, -0.05) is 6.07 Å². The number of nitrogens with one attached hydrogen (secondary N) is 2. The molecular formula is C25H32N8O. The molecule has 2 bridgehead atoms. The zero-order chi connectivity index (χ0) is 23.3. The van der Waals surface area contributed by atoms with Crippen LogP contribution in [0.2, 0.25) is 0 Å². The first-order valence-corrected chi connectivity index (χ1v) is 12.2. The van der Waals surface area contributed by atoms with Gasteiger partial charge in [0, 0.05) is 69.9 Å². The van der Waals surface area contributed by atoms with E-state index in [0.29, 0.717) is 29.8 Å². The summed E-state index contributed by atoms with van der Waals surface area (Å²) in [7, 11) is 0. The summed E-state index contributed by atoms with van der Waals surface area (Å²) in [6, 6.07) is 11.1. The first kappa shape index (κ1) is 22.6. The molecule has 2 amide bonds. The predicted molar refractivity (Wildman–Crippen MR) is 130 cm³/mol. The van der Waals surface area contributed by atoms with Gasteiger partial charge in [0.25, 0.3) is 0 Å². The Labute approximate surface area is 200 Å². The lowest BCUT2D eigenvalue weighted by Crippen LogP contribution is -2.59. The van der Waals surface area contributed by atoms with Crippen molar-refractivity contribution < 1.29 is 4.79 Å². The lowest BCUT2D eigenvalue weighted by atomic mass is 9.75. The van der Waals surface area contributed by atoms with Gasteiger partial charge < -0.3 is 15.5 Å². The Balaban J connectivity index is 1.06. The van der Waals surface area contributed by atoms with Crippen LogP contribution in [0.3, 0.4) is 0 Å². The third kappa shape index (κ3) is 5.29. The standard InChI is InChI=1S/C25H32N8O/c26-15-19-3-1-4-22(13-19)30-25(34)29-16-23-14-20-5-8-33(23)18-21(20)17-31-9-11-32(12-10-31)24-27-6-2-7-28-24/h1-4,6-7,13,20-21,23H,5,8-12,14,16-18H2,(H2,29,30,34)/t20-,21+,23+/m1/s1. The van der Waals surface area contributed by atoms with Gasteiger partial charge in [0.1, 0.15) is 0 Å². The van der Waals surface area contributed by atoms with Crippen LogP contribution in [0.5, 0.6) is 0 Å². The number of nitrogens with zero attached hydrogens (tertiary/aromatic N) is 6. The molecule has 4 atom stereocenters. The summed E-state index contributed by atoms with van der Waals surface area (Å²) < 4.78 is 0. The SMILES string of the molecule is N#Cc1cccc(NC(=O)NC[C@@H]2C[C@H]3CCN2C[C@@H]3CN2CCN(c3ncccn3)CC2)c1. The molecule has 4 aliphatic rings. The van der Waals surface area contributed by atoms with Crippen molar-refractivity contribution in [1.29, 1.82) is 5.26 Å². The Morgan fingerprint density at radius 2 is 1.94 bits per heavy atom. The Bertz CT molecular complexity index is 1020. The summed E-state index contributed by atoms with van der Waals surface area (Å²) in [6.45, 7) is 8.11. The van der Waals surface area contributed by atoms with Gasteiger partial charge in [-0.25, -0.2) is 14.8 Å². The number of carbonyl (C=O) groups is 1. The molecule has 5 heterocycles. The number of urea groups is 1. The summed E-state index contributed by atoms with van der Waals surface area (Å²) in [5.74, 6) is 2.26. The minimum absolute atomic E-state index is 0.213. The molecule has 0 spiro atoms. The third-order valence-corrected chi connectivity index (χ3v) is 7.46. The average molecular weight is 461 g/mol. The largest absolute Gasteiger partial charge is 0.338 e. The minimum Gasteiger partial charge on any atom is -0.338 e. The van der Waals surface area contributed by atoms with Crippen molar-refractivity contribution in [1.82, 2.24) is 25.1 Å². The van der Waals surface area contributed by atoms with E-state index < -0.39 is 0 Å². The number of piperidine rings is 3. The molecule has 6 rings (SSSR count). The van der Waals surface area contributed by atoms with Crippen LogP contribution in [0, 0.1) is 23.2 Å². The van der Waals surface area contributed by atoms with Crippen LogP contribution in [0.15, 0.2) is 42.7 Å². The average Bonchev–Trinajstić information content (AvgIpc) is 2.89. The molecule has 1 unspecified atom stereocenters. The highest BCUT2D eigenvalue weighted by molar-refractivity contribution is 5.89. The lowest BCUT2D eigenvalue weighted by Gasteiger charge is -2.51. The van der Waals surface area contributed by atoms with Crippen molar-refractivity contribution in [3.63, 3.8) is 0 Å². The van der Waals surface area contributed by atoms with Crippen molar-refractivity contribution in [2.24, 2.45) is 11.8 Å². The van der Waals surface area contributed by atoms with Crippen molar-refractivity contribution in [2.75, 3.05) is 62.6 Å². The monoisotopic (exact) mass is 460 g/mol. The number of benzene rings is 1. The second kappa shape index (κ2) is 10.4. The quantitative estimate of drug-likeness (QED) is 0.680. The fourth-order valence-corrected chi connectivity index (χ4v) is 5.64. The molecule has 0 aliphatic carbocycles. The van der Waals surface area contributed by atoms with E-state index in [1.165, 1.54) is 6.42 Å². The number of anilines is 2. The number of piperazine rings is 1. The molecule has 1 aromatic carbocycles. The highest BCUT2D eigenvalue weighted by Crippen LogP contribution is 2.36. The normalized spacial score (nSPS) is 26.6. The Kier molecular flexibility index (Phi) is 6.88. The van der Waals surface area contributed by atoms with E-state index in [2.05, 4.69) is 41.4 Å². The topological polar surface area (TPSA) is 100 Å². The summed E-state index contributed by atoms with van der Waals surface area (Å²) >= 11 is 0. The minimum atomic E-state index is -0.213. The number of carbonyl (C=O) groups excluding carboxylic acids is 1. The molecule has 0 radical (unpaired) electrons. The number of nitriles is 1. The van der Waals surface area contributed by atoms with Gasteiger partial charge in [0.2, 0.25) is 5.95 Å². The zero-order valence-electron chi connectivity index (χ0n) is 19.4. The molecule has 4 aliphatic heterocycles. The molecular weight excluding hydrogens is 428 g/mol. The Morgan fingerprint density at radius 1 is 1.12 bits per heavy atom. The molecule has 9 nitrogen and oxygen atoms in total. The highest BCUT2D eigenvalue weighted by Gasteiger charge is 2.40. The van der Waals surface area contributed by atoms with Gasteiger partial charge >= 0.3 is 6.03 Å². The number of hydrogen-bond acceptors (Lipinski definition) is 7. The van der Waals surface area contributed by atoms with E-state index in [-0.39, 0.29) is 6.03 Å². The van der Waals surface area contributed by atoms with Gasteiger partial charge in [0.15, 0.2) is 0 Å². The maximum absolute atomic E-state index is 12.4. The number of hydrogen-bond donors (Lipinski definition) is 2. The van der Waals surface area contributed by atoms with Crippen LogP contribution in [0.25, 0.3) is 0 Å². The van der Waals surface area contributed by atoms with E-state index >= 15 is 0 Å². The molecule has 9 heteroatoms. The van der Waals surface area contributed by atoms with Gasteiger partial charge in [-0.3, -0.25) is 9.80 Å². The number of rotatable bonds is 6. The molecule has 2 aromatic rings. The summed E-state index contributed by atoms with van der Waals surface area (Å²) in [6.07, 6.45) is 6.02. The fraction of sp³-hybridized carbons (Fsp3) is 0.520. The van der Waals surface area contributed by atoms with Crippen LogP contribution < -0.4 is 15.5 Å². The van der Waals surface area contributed by atoms with Gasteiger partial charge in [-0.05, 0) is 55.5 Å². The number of amides is 2. The molecule has 4 saturated heterocycles. The van der Waals surface area contributed by atoms with E-state index in [1.54, 1.807) is 24.3 Å². The second-order valence-corrected chi connectivity index (χ2v) is 9.56. The fourth-order valence-electron chi connectivity index (χ4n) is 5.64. The molecule has 178 valence electrons. The van der Waals surface area contributed by atoms with E-state index in [1.807, 2.05) is 18.5 Å². The summed E-state index contributed by atoms with van der Waals surface area (Å²) in [5, 5.41) is 14.9. The lowest BCUT2D eigenvalue weighted by molar-refractivity contribution is -0.0114. The van der Waals surface area contributed by atoms with Crippen LogP contribution in [0.4, 0.5) is 16.4 Å². The van der Waals surface area contributed by atoms with Crippen LogP contribution >= 0.6 is 0 Å². The molecule has 0 saturated carbocycles. The van der Waals surface area contributed by atoms with Gasteiger partial charge in [-0.2, -0.15) is 5.26 Å². The first-order chi connectivity index (χ1) is 16.7. The van der Waals surface area contributed by atoms with Crippen molar-refractivity contribution in [3.8, 4) is 6.07 Å². The predicted octanol–water partition coefficient (Wildman–Crippen LogP) is 2.00. The first-order valence-electron chi connectivity index (χ1n) is 12.2. The van der Waals surface area contributed by atoms with Crippen LogP contribution in [-0.2, 0) is 0 Å².